The first-order valence-corrected chi connectivity index (χ1v) is 26.2. The van der Waals surface area contributed by atoms with Crippen molar-refractivity contribution < 1.29 is 34.3 Å². The van der Waals surface area contributed by atoms with Crippen LogP contribution in [0.5, 0.6) is 0 Å². The van der Waals surface area contributed by atoms with Gasteiger partial charge in [-0.3, -0.25) is 8.37 Å². The Bertz CT molecular complexity index is 982. The van der Waals surface area contributed by atoms with Crippen molar-refractivity contribution in [3.05, 3.63) is 24.3 Å². The molecule has 0 fully saturated rings. The van der Waals surface area contributed by atoms with Crippen LogP contribution in [0.2, 0.25) is 0 Å². The van der Waals surface area contributed by atoms with Gasteiger partial charge in [0.1, 0.15) is 0 Å². The van der Waals surface area contributed by atoms with Crippen molar-refractivity contribution in [2.45, 2.75) is 246 Å². The molecular formula is C46H90CaO8S2. The number of hydrogen-bond donors (Lipinski definition) is 0. The smallest absolute Gasteiger partial charge is 0.726 e. The average molecular weight is 875 g/mol. The Labute approximate surface area is 385 Å². The summed E-state index contributed by atoms with van der Waals surface area (Å²) in [4.78, 5) is 0. The summed E-state index contributed by atoms with van der Waals surface area (Å²) in [5, 5.41) is 0. The van der Waals surface area contributed by atoms with Crippen molar-refractivity contribution in [1.29, 1.82) is 0 Å². The van der Waals surface area contributed by atoms with Crippen LogP contribution in [0.15, 0.2) is 24.3 Å². The van der Waals surface area contributed by atoms with E-state index in [1.54, 1.807) is 0 Å². The van der Waals surface area contributed by atoms with Crippen LogP contribution in [0.25, 0.3) is 0 Å². The van der Waals surface area contributed by atoms with Crippen LogP contribution in [0.4, 0.5) is 0 Å². The fourth-order valence-electron chi connectivity index (χ4n) is 6.91. The van der Waals surface area contributed by atoms with E-state index in [4.69, 9.17) is 0 Å². The van der Waals surface area contributed by atoms with E-state index in [0.717, 1.165) is 51.4 Å². The van der Waals surface area contributed by atoms with Gasteiger partial charge in [-0.1, -0.05) is 232 Å². The molecule has 0 N–H and O–H groups in total. The predicted octanol–water partition coefficient (Wildman–Crippen LogP) is 14.2. The minimum absolute atomic E-state index is 0. The zero-order valence-electron chi connectivity index (χ0n) is 37.7. The van der Waals surface area contributed by atoms with Gasteiger partial charge in [0.2, 0.25) is 20.8 Å². The van der Waals surface area contributed by atoms with Gasteiger partial charge in [-0.15, -0.1) is 0 Å². The first-order chi connectivity index (χ1) is 27.0. The summed E-state index contributed by atoms with van der Waals surface area (Å²) in [5.74, 6) is 0.0431. The monoisotopic (exact) mass is 875 g/mol. The minimum atomic E-state index is -4.60. The van der Waals surface area contributed by atoms with E-state index in [0.29, 0.717) is 0 Å². The molecule has 57 heavy (non-hydrogen) atoms. The predicted molar refractivity (Wildman–Crippen MR) is 242 cm³/mol. The standard InChI is InChI=1S/2C23H46O4S.Ca/c2*1-3-5-7-9-10-11-12-13-14-15-16-17-19-21-23(20-18-8-6-4-2)22-27-28(24,25)26;/h2*19,21,23H,3-18,20,22H2,1-2H3,(H,24,25,26);/q;;+2/p-2/b2*21-19+;. The van der Waals surface area contributed by atoms with E-state index in [9.17, 15) is 25.9 Å². The molecule has 0 aromatic rings. The number of allylic oxidation sites excluding steroid dienone is 2. The van der Waals surface area contributed by atoms with Gasteiger partial charge < -0.3 is 9.11 Å². The maximum Gasteiger partial charge on any atom is 2.00 e. The molecule has 0 aromatic carbocycles. The molecule has 2 atom stereocenters. The second-order valence-electron chi connectivity index (χ2n) is 16.1. The third kappa shape index (κ3) is 56.5. The largest absolute Gasteiger partial charge is 2.00 e. The molecule has 0 spiro atoms. The van der Waals surface area contributed by atoms with Crippen LogP contribution in [-0.4, -0.2) is 76.9 Å². The van der Waals surface area contributed by atoms with E-state index in [2.05, 4.69) is 48.2 Å². The summed E-state index contributed by atoms with van der Waals surface area (Å²) in [5.41, 5.74) is 0. The summed E-state index contributed by atoms with van der Waals surface area (Å²) in [7, 11) is -9.19. The Hall–Kier alpha value is 0.480. The van der Waals surface area contributed by atoms with Crippen molar-refractivity contribution in [2.24, 2.45) is 11.8 Å². The third-order valence-corrected chi connectivity index (χ3v) is 11.3. The molecule has 0 heterocycles. The van der Waals surface area contributed by atoms with E-state index in [-0.39, 0.29) is 62.8 Å². The fraction of sp³-hybridized carbons (Fsp3) is 0.913. The normalized spacial score (nSPS) is 13.2. The second kappa shape index (κ2) is 47.5. The molecule has 0 aliphatic carbocycles. The first-order valence-electron chi connectivity index (χ1n) is 23.5. The number of rotatable bonds is 42. The van der Waals surface area contributed by atoms with Gasteiger partial charge >= 0.3 is 37.7 Å². The molecule has 0 aromatic heterocycles. The number of hydrogen-bond acceptors (Lipinski definition) is 8. The van der Waals surface area contributed by atoms with E-state index < -0.39 is 20.8 Å². The van der Waals surface area contributed by atoms with Crippen molar-refractivity contribution in [2.75, 3.05) is 13.2 Å². The molecule has 0 rings (SSSR count). The minimum Gasteiger partial charge on any atom is -0.726 e. The zero-order chi connectivity index (χ0) is 41.9. The van der Waals surface area contributed by atoms with Gasteiger partial charge in [0.25, 0.3) is 0 Å². The maximum absolute atomic E-state index is 10.7. The molecule has 0 saturated heterocycles. The van der Waals surface area contributed by atoms with Gasteiger partial charge in [0.15, 0.2) is 0 Å². The molecule has 0 radical (unpaired) electrons. The van der Waals surface area contributed by atoms with Gasteiger partial charge in [-0.2, -0.15) is 0 Å². The zero-order valence-corrected chi connectivity index (χ0v) is 41.6. The average Bonchev–Trinajstić information content (AvgIpc) is 3.15. The van der Waals surface area contributed by atoms with Crippen LogP contribution in [0, 0.1) is 11.8 Å². The molecule has 11 heteroatoms. The quantitative estimate of drug-likeness (QED) is 0.0195. The molecule has 0 aliphatic heterocycles. The Balaban J connectivity index is -0.00000101. The maximum atomic E-state index is 10.7. The van der Waals surface area contributed by atoms with Crippen LogP contribution >= 0.6 is 0 Å². The summed E-state index contributed by atoms with van der Waals surface area (Å²) >= 11 is 0. The van der Waals surface area contributed by atoms with Gasteiger partial charge in [-0.05, 0) is 38.5 Å². The first kappa shape index (κ1) is 61.8. The topological polar surface area (TPSA) is 133 Å². The Kier molecular flexibility index (Phi) is 51.5. The van der Waals surface area contributed by atoms with Gasteiger partial charge in [-0.25, -0.2) is 16.8 Å². The molecule has 336 valence electrons. The SMILES string of the molecule is CCCCCCCCCCCCC/C=C/C(CCCCCC)COS(=O)(=O)[O-].CCCCCCCCCCCCC/C=C/C(CCCCCC)COS(=O)(=O)[O-].[Ca+2]. The van der Waals surface area contributed by atoms with E-state index in [1.165, 1.54) is 167 Å². The molecule has 0 saturated carbocycles. The van der Waals surface area contributed by atoms with E-state index >= 15 is 0 Å². The Morgan fingerprint density at radius 1 is 0.386 bits per heavy atom. The third-order valence-electron chi connectivity index (χ3n) is 10.5. The molecule has 8 nitrogen and oxygen atoms in total. The molecule has 0 bridgehead atoms. The number of unbranched alkanes of at least 4 members (excludes halogenated alkanes) is 28. The molecular weight excluding hydrogens is 785 g/mol. The van der Waals surface area contributed by atoms with Crippen molar-refractivity contribution >= 4 is 58.5 Å². The summed E-state index contributed by atoms with van der Waals surface area (Å²) in [6.07, 6.45) is 50.7. The van der Waals surface area contributed by atoms with Crippen LogP contribution in [0.3, 0.4) is 0 Å². The Morgan fingerprint density at radius 3 is 0.860 bits per heavy atom. The van der Waals surface area contributed by atoms with Crippen LogP contribution in [-0.2, 0) is 29.2 Å². The molecule has 0 amide bonds. The van der Waals surface area contributed by atoms with Crippen molar-refractivity contribution in [1.82, 2.24) is 0 Å². The molecule has 0 aliphatic rings. The summed E-state index contributed by atoms with van der Waals surface area (Å²) in [6, 6.07) is 0. The van der Waals surface area contributed by atoms with Crippen LogP contribution in [0.1, 0.15) is 246 Å². The van der Waals surface area contributed by atoms with E-state index in [1.807, 2.05) is 12.2 Å². The fourth-order valence-corrected chi connectivity index (χ4v) is 7.59. The van der Waals surface area contributed by atoms with Crippen molar-refractivity contribution in [3.63, 3.8) is 0 Å². The van der Waals surface area contributed by atoms with Gasteiger partial charge in [0.05, 0.1) is 13.2 Å². The van der Waals surface area contributed by atoms with Gasteiger partial charge in [0, 0.05) is 11.8 Å². The van der Waals surface area contributed by atoms with Crippen molar-refractivity contribution in [3.8, 4) is 0 Å². The summed E-state index contributed by atoms with van der Waals surface area (Å²) < 4.78 is 73.1. The summed E-state index contributed by atoms with van der Waals surface area (Å²) in [6.45, 7) is 8.80. The van der Waals surface area contributed by atoms with Crippen LogP contribution < -0.4 is 0 Å². The second-order valence-corrected chi connectivity index (χ2v) is 18.2. The molecule has 2 unspecified atom stereocenters. The Morgan fingerprint density at radius 2 is 0.614 bits per heavy atom.